The van der Waals surface area contributed by atoms with Crippen molar-refractivity contribution in [2.75, 3.05) is 13.2 Å². The molecule has 0 bridgehead atoms. The fourth-order valence-electron chi connectivity index (χ4n) is 6.28. The Bertz CT molecular complexity index is 1740. The average Bonchev–Trinajstić information content (AvgIpc) is 3.17. The lowest BCUT2D eigenvalue weighted by molar-refractivity contribution is -0.275. The minimum Gasteiger partial charge on any atom is -0.493 e. The standard InChI is InChI=1S/C43H45ClO7/c1-2-47-38-24-37(44)35(25-45)23-36(38)40-42(49-28-33-19-11-5-12-20-33)43(50-29-34-21-13-6-14-22-34)41(48-27-32-17-9-4-10-18-32)39(51-40)30-46-26-31-15-7-3-8-16-31/h3-24,39-43,45H,2,25-30H2,1H3/t39-,40?,41-,42+,43+/m1/s1. The Morgan fingerprint density at radius 3 is 1.57 bits per heavy atom. The Balaban J connectivity index is 1.41. The lowest BCUT2D eigenvalue weighted by Gasteiger charge is -2.46. The predicted molar refractivity (Wildman–Crippen MR) is 197 cm³/mol. The van der Waals surface area contributed by atoms with Crippen molar-refractivity contribution in [3.05, 3.63) is 172 Å². The summed E-state index contributed by atoms with van der Waals surface area (Å²) in [5.74, 6) is 0.549. The Hall–Kier alpha value is -4.05. The molecule has 1 heterocycles. The van der Waals surface area contributed by atoms with Crippen LogP contribution in [0.5, 0.6) is 5.75 Å². The van der Waals surface area contributed by atoms with Crippen molar-refractivity contribution in [3.8, 4) is 5.75 Å². The summed E-state index contributed by atoms with van der Waals surface area (Å²) in [6.45, 7) is 3.68. The molecule has 1 unspecified atom stereocenters. The van der Waals surface area contributed by atoms with Crippen molar-refractivity contribution < 1.29 is 33.5 Å². The molecule has 1 aliphatic rings. The van der Waals surface area contributed by atoms with E-state index >= 15 is 0 Å². The maximum atomic E-state index is 10.3. The van der Waals surface area contributed by atoms with Crippen LogP contribution in [0.1, 0.15) is 46.4 Å². The van der Waals surface area contributed by atoms with Crippen LogP contribution in [0.2, 0.25) is 5.02 Å². The highest BCUT2D eigenvalue weighted by Gasteiger charge is 2.49. The van der Waals surface area contributed by atoms with E-state index in [1.54, 1.807) is 6.07 Å². The Labute approximate surface area is 305 Å². The molecule has 0 radical (unpaired) electrons. The molecule has 5 atom stereocenters. The SMILES string of the molecule is CCOc1cc(Cl)c(CO)cc1C1O[C@H](COCc2ccccc2)[C@@H](OCc2ccccc2)[C@H](OCc2ccccc2)[C@H]1OCc1ccccc1. The first kappa shape index (κ1) is 36.7. The summed E-state index contributed by atoms with van der Waals surface area (Å²) in [7, 11) is 0. The second kappa shape index (κ2) is 19.0. The molecule has 0 aliphatic carbocycles. The maximum Gasteiger partial charge on any atom is 0.126 e. The molecule has 0 aromatic heterocycles. The van der Waals surface area contributed by atoms with Gasteiger partial charge in [0.1, 0.15) is 36.3 Å². The zero-order chi connectivity index (χ0) is 35.3. The van der Waals surface area contributed by atoms with Gasteiger partial charge >= 0.3 is 0 Å². The minimum absolute atomic E-state index is 0.228. The van der Waals surface area contributed by atoms with Crippen molar-refractivity contribution in [1.82, 2.24) is 0 Å². The van der Waals surface area contributed by atoms with Crippen LogP contribution >= 0.6 is 11.6 Å². The van der Waals surface area contributed by atoms with Crippen molar-refractivity contribution in [1.29, 1.82) is 0 Å². The van der Waals surface area contributed by atoms with Crippen LogP contribution in [0, 0.1) is 0 Å². The molecule has 0 spiro atoms. The van der Waals surface area contributed by atoms with Gasteiger partial charge in [-0.2, -0.15) is 0 Å². The molecule has 0 saturated carbocycles. The molecular weight excluding hydrogens is 664 g/mol. The first-order chi connectivity index (χ1) is 25.1. The number of hydrogen-bond acceptors (Lipinski definition) is 7. The molecule has 5 aromatic carbocycles. The van der Waals surface area contributed by atoms with Gasteiger partial charge in [0.05, 0.1) is 46.2 Å². The fourth-order valence-corrected chi connectivity index (χ4v) is 6.50. The lowest BCUT2D eigenvalue weighted by Crippen LogP contribution is -2.58. The van der Waals surface area contributed by atoms with Crippen molar-refractivity contribution in [3.63, 3.8) is 0 Å². The number of ether oxygens (including phenoxy) is 6. The van der Waals surface area contributed by atoms with E-state index in [2.05, 4.69) is 0 Å². The number of aliphatic hydroxyl groups is 1. The van der Waals surface area contributed by atoms with E-state index in [4.69, 9.17) is 40.0 Å². The van der Waals surface area contributed by atoms with Gasteiger partial charge in [0.25, 0.3) is 0 Å². The normalized spacial score (nSPS) is 20.3. The first-order valence-corrected chi connectivity index (χ1v) is 17.8. The monoisotopic (exact) mass is 708 g/mol. The highest BCUT2D eigenvalue weighted by Crippen LogP contribution is 2.43. The van der Waals surface area contributed by atoms with Crippen molar-refractivity contribution in [2.24, 2.45) is 0 Å². The summed E-state index contributed by atoms with van der Waals surface area (Å²) in [5, 5.41) is 10.7. The average molecular weight is 709 g/mol. The topological polar surface area (TPSA) is 75.6 Å². The number of aliphatic hydroxyl groups excluding tert-OH is 1. The lowest BCUT2D eigenvalue weighted by atomic mass is 9.89. The van der Waals surface area contributed by atoms with Crippen LogP contribution < -0.4 is 4.74 Å². The second-order valence-corrected chi connectivity index (χ2v) is 12.9. The second-order valence-electron chi connectivity index (χ2n) is 12.5. The molecule has 1 fully saturated rings. The molecule has 1 aliphatic heterocycles. The van der Waals surface area contributed by atoms with Crippen LogP contribution in [0.25, 0.3) is 0 Å². The van der Waals surface area contributed by atoms with Gasteiger partial charge in [0.2, 0.25) is 0 Å². The molecular formula is C43H45ClO7. The summed E-state index contributed by atoms with van der Waals surface area (Å²) in [4.78, 5) is 0. The van der Waals surface area contributed by atoms with E-state index in [-0.39, 0.29) is 13.2 Å². The Morgan fingerprint density at radius 2 is 1.08 bits per heavy atom. The summed E-state index contributed by atoms with van der Waals surface area (Å²) in [6, 6.07) is 43.7. The molecule has 5 aromatic rings. The molecule has 1 saturated heterocycles. The highest BCUT2D eigenvalue weighted by molar-refractivity contribution is 6.31. The third-order valence-electron chi connectivity index (χ3n) is 8.84. The molecule has 7 nitrogen and oxygen atoms in total. The molecule has 266 valence electrons. The van der Waals surface area contributed by atoms with Crippen LogP contribution in [0.3, 0.4) is 0 Å². The molecule has 6 rings (SSSR count). The van der Waals surface area contributed by atoms with E-state index in [0.29, 0.717) is 54.9 Å². The fraction of sp³-hybridized carbons (Fsp3) is 0.302. The van der Waals surface area contributed by atoms with Gasteiger partial charge in [0.15, 0.2) is 0 Å². The third kappa shape index (κ3) is 10.1. The van der Waals surface area contributed by atoms with Gasteiger partial charge in [-0.25, -0.2) is 0 Å². The molecule has 0 amide bonds. The molecule has 1 N–H and O–H groups in total. The van der Waals surface area contributed by atoms with Gasteiger partial charge in [-0.15, -0.1) is 0 Å². The van der Waals surface area contributed by atoms with Crippen LogP contribution in [-0.2, 0) is 56.7 Å². The molecule has 8 heteroatoms. The van der Waals surface area contributed by atoms with Gasteiger partial charge in [0, 0.05) is 10.6 Å². The summed E-state index contributed by atoms with van der Waals surface area (Å²) >= 11 is 6.60. The Kier molecular flexibility index (Phi) is 13.7. The number of rotatable bonds is 17. The van der Waals surface area contributed by atoms with Crippen LogP contribution in [-0.4, -0.2) is 42.7 Å². The number of benzene rings is 5. The van der Waals surface area contributed by atoms with Gasteiger partial charge in [-0.1, -0.05) is 133 Å². The minimum atomic E-state index is -0.694. The maximum absolute atomic E-state index is 10.3. The van der Waals surface area contributed by atoms with Gasteiger partial charge in [-0.05, 0) is 46.9 Å². The van der Waals surface area contributed by atoms with E-state index in [1.165, 1.54) is 0 Å². The first-order valence-electron chi connectivity index (χ1n) is 17.4. The zero-order valence-corrected chi connectivity index (χ0v) is 29.6. The van der Waals surface area contributed by atoms with Gasteiger partial charge < -0.3 is 33.5 Å². The highest BCUT2D eigenvalue weighted by atomic mass is 35.5. The smallest absolute Gasteiger partial charge is 0.126 e. The predicted octanol–water partition coefficient (Wildman–Crippen LogP) is 8.64. The largest absolute Gasteiger partial charge is 0.493 e. The molecule has 51 heavy (non-hydrogen) atoms. The summed E-state index contributed by atoms with van der Waals surface area (Å²) < 4.78 is 40.1. The summed E-state index contributed by atoms with van der Waals surface area (Å²) in [6.07, 6.45) is -3.11. The van der Waals surface area contributed by atoms with Crippen molar-refractivity contribution in [2.45, 2.75) is 70.5 Å². The summed E-state index contributed by atoms with van der Waals surface area (Å²) in [5.41, 5.74) is 5.36. The van der Waals surface area contributed by atoms with E-state index in [0.717, 1.165) is 22.3 Å². The van der Waals surface area contributed by atoms with Crippen molar-refractivity contribution >= 4 is 11.6 Å². The van der Waals surface area contributed by atoms with Gasteiger partial charge in [-0.3, -0.25) is 0 Å². The van der Waals surface area contributed by atoms with E-state index < -0.39 is 30.5 Å². The third-order valence-corrected chi connectivity index (χ3v) is 9.19. The van der Waals surface area contributed by atoms with Crippen LogP contribution in [0.15, 0.2) is 133 Å². The number of hydrogen-bond donors (Lipinski definition) is 1. The zero-order valence-electron chi connectivity index (χ0n) is 28.8. The van der Waals surface area contributed by atoms with E-state index in [9.17, 15) is 5.11 Å². The number of halogens is 1. The van der Waals surface area contributed by atoms with Crippen LogP contribution in [0.4, 0.5) is 0 Å². The quantitative estimate of drug-likeness (QED) is 0.104. The van der Waals surface area contributed by atoms with E-state index in [1.807, 2.05) is 134 Å². The Morgan fingerprint density at radius 1 is 0.608 bits per heavy atom.